The molecule has 1 aliphatic heterocycles. The van der Waals surface area contributed by atoms with Crippen LogP contribution in [0.15, 0.2) is 5.38 Å². The molecule has 1 amide bonds. The van der Waals surface area contributed by atoms with Gasteiger partial charge in [-0.05, 0) is 18.8 Å². The maximum absolute atomic E-state index is 11.7. The number of aromatic nitrogens is 1. The lowest BCUT2D eigenvalue weighted by Gasteiger charge is -2.13. The van der Waals surface area contributed by atoms with E-state index < -0.39 is 6.10 Å². The molecule has 2 rings (SSSR count). The summed E-state index contributed by atoms with van der Waals surface area (Å²) in [5, 5.41) is 15.7. The number of carbonyl (C=O) groups is 1. The lowest BCUT2D eigenvalue weighted by atomic mass is 10.0. The first-order chi connectivity index (χ1) is 10.1. The molecule has 0 radical (unpaired) electrons. The van der Waals surface area contributed by atoms with Crippen molar-refractivity contribution in [3.05, 3.63) is 11.1 Å². The van der Waals surface area contributed by atoms with Gasteiger partial charge in [0, 0.05) is 31.4 Å². The summed E-state index contributed by atoms with van der Waals surface area (Å²) in [6, 6.07) is 0. The van der Waals surface area contributed by atoms with Gasteiger partial charge in [-0.25, -0.2) is 4.98 Å². The highest BCUT2D eigenvalue weighted by atomic mass is 32.1. The zero-order valence-corrected chi connectivity index (χ0v) is 13.7. The summed E-state index contributed by atoms with van der Waals surface area (Å²) in [6.45, 7) is 6.61. The second-order valence-corrected chi connectivity index (χ2v) is 6.77. The van der Waals surface area contributed by atoms with Crippen molar-refractivity contribution in [2.75, 3.05) is 24.5 Å². The maximum Gasteiger partial charge on any atom is 0.222 e. The van der Waals surface area contributed by atoms with Gasteiger partial charge in [-0.1, -0.05) is 13.8 Å². The Balaban J connectivity index is 1.70. The Hall–Kier alpha value is -1.14. The minimum Gasteiger partial charge on any atom is -0.392 e. The van der Waals surface area contributed by atoms with Crippen LogP contribution >= 0.6 is 11.3 Å². The molecule has 2 heterocycles. The molecule has 6 heteroatoms. The molecule has 1 fully saturated rings. The molecule has 0 spiro atoms. The molecule has 2 N–H and O–H groups in total. The number of aliphatic hydroxyl groups excluding tert-OH is 1. The summed E-state index contributed by atoms with van der Waals surface area (Å²) in [6.07, 6.45) is 2.86. The van der Waals surface area contributed by atoms with Crippen LogP contribution in [0.4, 0.5) is 5.13 Å². The van der Waals surface area contributed by atoms with Crippen molar-refractivity contribution in [3.8, 4) is 0 Å². The first-order valence-electron chi connectivity index (χ1n) is 7.70. The van der Waals surface area contributed by atoms with Gasteiger partial charge in [-0.15, -0.1) is 11.3 Å². The van der Waals surface area contributed by atoms with Crippen molar-refractivity contribution in [2.24, 2.45) is 5.92 Å². The SMILES string of the molecule is CC(C)C(O)CC(=O)NCCc1csc(N2CCCC2)n1. The molecule has 1 saturated heterocycles. The quantitative estimate of drug-likeness (QED) is 0.806. The highest BCUT2D eigenvalue weighted by Gasteiger charge is 2.16. The van der Waals surface area contributed by atoms with Gasteiger partial charge in [0.25, 0.3) is 0 Å². The Kier molecular flexibility index (Phi) is 5.99. The van der Waals surface area contributed by atoms with Crippen LogP contribution in [-0.4, -0.2) is 41.7 Å². The molecule has 21 heavy (non-hydrogen) atoms. The molecule has 0 aliphatic carbocycles. The summed E-state index contributed by atoms with van der Waals surface area (Å²) in [5.74, 6) is 0.0171. The van der Waals surface area contributed by atoms with Crippen molar-refractivity contribution in [2.45, 2.75) is 45.6 Å². The molecule has 0 saturated carbocycles. The number of anilines is 1. The number of rotatable bonds is 7. The molecular formula is C15H25N3O2S. The molecule has 1 aromatic rings. The molecule has 5 nitrogen and oxygen atoms in total. The molecule has 1 unspecified atom stereocenters. The zero-order chi connectivity index (χ0) is 15.2. The van der Waals surface area contributed by atoms with E-state index in [4.69, 9.17) is 0 Å². The third-order valence-electron chi connectivity index (χ3n) is 3.78. The third-order valence-corrected chi connectivity index (χ3v) is 4.73. The van der Waals surface area contributed by atoms with Gasteiger partial charge in [0.2, 0.25) is 5.91 Å². The molecule has 0 bridgehead atoms. The minimum absolute atomic E-state index is 0.0915. The van der Waals surface area contributed by atoms with Crippen LogP contribution in [0, 0.1) is 5.92 Å². The first kappa shape index (κ1) is 16.2. The minimum atomic E-state index is -0.564. The van der Waals surface area contributed by atoms with E-state index in [9.17, 15) is 9.90 Å². The third kappa shape index (κ3) is 4.97. The Labute approximate surface area is 130 Å². The van der Waals surface area contributed by atoms with Gasteiger partial charge in [-0.2, -0.15) is 0 Å². The van der Waals surface area contributed by atoms with Gasteiger partial charge in [-0.3, -0.25) is 4.79 Å². The van der Waals surface area contributed by atoms with E-state index in [2.05, 4.69) is 20.6 Å². The van der Waals surface area contributed by atoms with Crippen molar-refractivity contribution < 1.29 is 9.90 Å². The van der Waals surface area contributed by atoms with E-state index in [0.29, 0.717) is 6.54 Å². The molecule has 1 aromatic heterocycles. The smallest absolute Gasteiger partial charge is 0.222 e. The zero-order valence-electron chi connectivity index (χ0n) is 12.8. The number of hydrogen-bond donors (Lipinski definition) is 2. The van der Waals surface area contributed by atoms with Crippen LogP contribution in [0.2, 0.25) is 0 Å². The van der Waals surface area contributed by atoms with Crippen molar-refractivity contribution in [3.63, 3.8) is 0 Å². The van der Waals surface area contributed by atoms with Crippen LogP contribution in [0.25, 0.3) is 0 Å². The van der Waals surface area contributed by atoms with Gasteiger partial charge >= 0.3 is 0 Å². The molecule has 1 atom stereocenters. The van der Waals surface area contributed by atoms with E-state index in [-0.39, 0.29) is 18.2 Å². The van der Waals surface area contributed by atoms with Crippen LogP contribution in [0.1, 0.15) is 38.8 Å². The van der Waals surface area contributed by atoms with Crippen LogP contribution in [-0.2, 0) is 11.2 Å². The average Bonchev–Trinajstić information content (AvgIpc) is 3.08. The normalized spacial score (nSPS) is 16.5. The summed E-state index contributed by atoms with van der Waals surface area (Å²) in [5.41, 5.74) is 1.03. The van der Waals surface area contributed by atoms with E-state index in [1.807, 2.05) is 13.8 Å². The van der Waals surface area contributed by atoms with Gasteiger partial charge in [0.05, 0.1) is 18.2 Å². The van der Waals surface area contributed by atoms with Crippen molar-refractivity contribution in [1.82, 2.24) is 10.3 Å². The Morgan fingerprint density at radius 1 is 1.48 bits per heavy atom. The fraction of sp³-hybridized carbons (Fsp3) is 0.733. The van der Waals surface area contributed by atoms with Crippen molar-refractivity contribution in [1.29, 1.82) is 0 Å². The summed E-state index contributed by atoms with van der Waals surface area (Å²) < 4.78 is 0. The standard InChI is InChI=1S/C15H25N3O2S/c1-11(2)13(19)9-14(20)16-6-5-12-10-21-15(17-12)18-7-3-4-8-18/h10-11,13,19H,3-9H2,1-2H3,(H,16,20). The lowest BCUT2D eigenvalue weighted by Crippen LogP contribution is -2.31. The lowest BCUT2D eigenvalue weighted by molar-refractivity contribution is -0.123. The van der Waals surface area contributed by atoms with Crippen LogP contribution < -0.4 is 10.2 Å². The van der Waals surface area contributed by atoms with E-state index in [1.54, 1.807) is 11.3 Å². The maximum atomic E-state index is 11.7. The second-order valence-electron chi connectivity index (χ2n) is 5.93. The number of nitrogens with one attached hydrogen (secondary N) is 1. The first-order valence-corrected chi connectivity index (χ1v) is 8.58. The number of nitrogens with zero attached hydrogens (tertiary/aromatic N) is 2. The Bertz CT molecular complexity index is 456. The Morgan fingerprint density at radius 2 is 2.19 bits per heavy atom. The Morgan fingerprint density at radius 3 is 2.86 bits per heavy atom. The second kappa shape index (κ2) is 7.75. The largest absolute Gasteiger partial charge is 0.392 e. The summed E-state index contributed by atoms with van der Waals surface area (Å²) >= 11 is 1.68. The van der Waals surface area contributed by atoms with Gasteiger partial charge in [0.1, 0.15) is 0 Å². The van der Waals surface area contributed by atoms with Crippen molar-refractivity contribution >= 4 is 22.4 Å². The number of aliphatic hydroxyl groups is 1. The van der Waals surface area contributed by atoms with Crippen LogP contribution in [0.5, 0.6) is 0 Å². The molecule has 1 aliphatic rings. The molecular weight excluding hydrogens is 286 g/mol. The summed E-state index contributed by atoms with van der Waals surface area (Å²) in [7, 11) is 0. The highest BCUT2D eigenvalue weighted by molar-refractivity contribution is 7.13. The number of carbonyl (C=O) groups excluding carboxylic acids is 1. The highest BCUT2D eigenvalue weighted by Crippen LogP contribution is 2.24. The average molecular weight is 311 g/mol. The van der Waals surface area contributed by atoms with Gasteiger partial charge < -0.3 is 15.3 Å². The molecule has 0 aromatic carbocycles. The molecule has 118 valence electrons. The van der Waals surface area contributed by atoms with E-state index in [1.165, 1.54) is 12.8 Å². The number of amides is 1. The predicted molar refractivity (Wildman–Crippen MR) is 85.7 cm³/mol. The van der Waals surface area contributed by atoms with E-state index in [0.717, 1.165) is 30.3 Å². The topological polar surface area (TPSA) is 65.5 Å². The monoisotopic (exact) mass is 311 g/mol. The van der Waals surface area contributed by atoms with Crippen LogP contribution in [0.3, 0.4) is 0 Å². The predicted octanol–water partition coefficient (Wildman–Crippen LogP) is 1.81. The fourth-order valence-electron chi connectivity index (χ4n) is 2.29. The number of hydrogen-bond acceptors (Lipinski definition) is 5. The van der Waals surface area contributed by atoms with E-state index >= 15 is 0 Å². The fourth-order valence-corrected chi connectivity index (χ4v) is 3.21. The summed E-state index contributed by atoms with van der Waals surface area (Å²) in [4.78, 5) is 18.6. The van der Waals surface area contributed by atoms with Gasteiger partial charge in [0.15, 0.2) is 5.13 Å². The number of thiazole rings is 1.